The highest BCUT2D eigenvalue weighted by molar-refractivity contribution is 5.95. The lowest BCUT2D eigenvalue weighted by atomic mass is 9.46. The summed E-state index contributed by atoms with van der Waals surface area (Å²) in [6.07, 6.45) is 7.45. The van der Waals surface area contributed by atoms with Gasteiger partial charge in [0, 0.05) is 25.2 Å². The first kappa shape index (κ1) is 29.3. The Hall–Kier alpha value is -1.73. The summed E-state index contributed by atoms with van der Waals surface area (Å²) in [7, 11) is 0. The van der Waals surface area contributed by atoms with Gasteiger partial charge in [0.25, 0.3) is 0 Å². The fourth-order valence-corrected chi connectivity index (χ4v) is 8.92. The molecule has 3 saturated carbocycles. The summed E-state index contributed by atoms with van der Waals surface area (Å²) in [6, 6.07) is 0. The molecule has 0 heterocycles. The SMILES string of the molecule is CC(=O)OC1CCC2(C)C(C1)C(=O)C=C1C2CCC2(C)C([C@H](C)[C@@H](CCC(C)(C)O)OC(C)=O)CC[C@@]12O. The number of allylic oxidation sites excluding steroid dienone is 1. The maximum absolute atomic E-state index is 13.6. The van der Waals surface area contributed by atoms with Crippen LogP contribution >= 0.6 is 0 Å². The van der Waals surface area contributed by atoms with Crippen LogP contribution in [0.5, 0.6) is 0 Å². The van der Waals surface area contributed by atoms with Gasteiger partial charge in [-0.15, -0.1) is 0 Å². The van der Waals surface area contributed by atoms with Crippen molar-refractivity contribution in [1.29, 1.82) is 0 Å². The van der Waals surface area contributed by atoms with E-state index in [1.807, 2.05) is 0 Å². The Morgan fingerprint density at radius 2 is 1.76 bits per heavy atom. The number of carbonyl (C=O) groups excluding carboxylic acids is 3. The fourth-order valence-electron chi connectivity index (χ4n) is 8.92. The minimum Gasteiger partial charge on any atom is -0.463 e. The van der Waals surface area contributed by atoms with E-state index in [1.165, 1.54) is 13.8 Å². The molecule has 4 aliphatic rings. The number of rotatable bonds is 7. The van der Waals surface area contributed by atoms with E-state index in [2.05, 4.69) is 20.8 Å². The highest BCUT2D eigenvalue weighted by Gasteiger charge is 2.66. The van der Waals surface area contributed by atoms with Gasteiger partial charge in [0.05, 0.1) is 11.2 Å². The topological polar surface area (TPSA) is 110 Å². The van der Waals surface area contributed by atoms with Crippen LogP contribution < -0.4 is 0 Å². The van der Waals surface area contributed by atoms with Gasteiger partial charge < -0.3 is 19.7 Å². The lowest BCUT2D eigenvalue weighted by molar-refractivity contribution is -0.160. The lowest BCUT2D eigenvalue weighted by Gasteiger charge is -2.60. The summed E-state index contributed by atoms with van der Waals surface area (Å²) < 4.78 is 11.3. The van der Waals surface area contributed by atoms with Crippen LogP contribution in [0, 0.1) is 34.5 Å². The van der Waals surface area contributed by atoms with E-state index >= 15 is 0 Å². The zero-order valence-electron chi connectivity index (χ0n) is 24.3. The maximum Gasteiger partial charge on any atom is 0.302 e. The maximum atomic E-state index is 13.6. The van der Waals surface area contributed by atoms with Crippen LogP contribution in [0.3, 0.4) is 0 Å². The van der Waals surface area contributed by atoms with Crippen molar-refractivity contribution in [1.82, 2.24) is 0 Å². The third-order valence-corrected chi connectivity index (χ3v) is 11.0. The van der Waals surface area contributed by atoms with Gasteiger partial charge in [-0.25, -0.2) is 0 Å². The molecule has 4 aliphatic carbocycles. The molecule has 0 saturated heterocycles. The van der Waals surface area contributed by atoms with Crippen LogP contribution in [-0.2, 0) is 23.9 Å². The summed E-state index contributed by atoms with van der Waals surface area (Å²) in [5, 5.41) is 22.8. The fraction of sp³-hybridized carbons (Fsp3) is 0.839. The first-order chi connectivity index (χ1) is 17.5. The molecule has 38 heavy (non-hydrogen) atoms. The number of esters is 2. The van der Waals surface area contributed by atoms with Gasteiger partial charge in [-0.2, -0.15) is 0 Å². The molecule has 7 heteroatoms. The van der Waals surface area contributed by atoms with E-state index in [9.17, 15) is 24.6 Å². The van der Waals surface area contributed by atoms with Crippen LogP contribution in [0.15, 0.2) is 11.6 Å². The predicted molar refractivity (Wildman–Crippen MR) is 143 cm³/mol. The van der Waals surface area contributed by atoms with Crippen molar-refractivity contribution in [2.75, 3.05) is 0 Å². The normalized spacial score (nSPS) is 40.2. The third-order valence-electron chi connectivity index (χ3n) is 11.0. The first-order valence-corrected chi connectivity index (χ1v) is 14.6. The molecule has 9 atom stereocenters. The molecular formula is C31H48O7. The van der Waals surface area contributed by atoms with E-state index < -0.39 is 16.6 Å². The van der Waals surface area contributed by atoms with Crippen LogP contribution in [-0.4, -0.2) is 51.3 Å². The Balaban J connectivity index is 1.61. The molecule has 0 spiro atoms. The first-order valence-electron chi connectivity index (χ1n) is 14.6. The van der Waals surface area contributed by atoms with Crippen LogP contribution in [0.4, 0.5) is 0 Å². The minimum atomic E-state index is -1.08. The van der Waals surface area contributed by atoms with Crippen LogP contribution in [0.2, 0.25) is 0 Å². The number of ether oxygens (including phenoxy) is 2. The minimum absolute atomic E-state index is 0.000722. The van der Waals surface area contributed by atoms with Crippen molar-refractivity contribution >= 4 is 17.7 Å². The molecule has 0 amide bonds. The Morgan fingerprint density at radius 1 is 1.08 bits per heavy atom. The molecule has 4 rings (SSSR count). The van der Waals surface area contributed by atoms with Gasteiger partial charge in [0.15, 0.2) is 5.78 Å². The second-order valence-electron chi connectivity index (χ2n) is 13.9. The molecule has 0 aromatic heterocycles. The summed E-state index contributed by atoms with van der Waals surface area (Å²) in [6.45, 7) is 12.8. The average molecular weight is 533 g/mol. The second-order valence-corrected chi connectivity index (χ2v) is 13.9. The molecule has 0 aromatic rings. The Morgan fingerprint density at radius 3 is 2.37 bits per heavy atom. The Labute approximate surface area is 227 Å². The summed E-state index contributed by atoms with van der Waals surface area (Å²) in [4.78, 5) is 37.1. The van der Waals surface area contributed by atoms with Gasteiger partial charge in [0.1, 0.15) is 12.2 Å². The summed E-state index contributed by atoms with van der Waals surface area (Å²) in [5.41, 5.74) is -1.74. The highest BCUT2D eigenvalue weighted by Crippen LogP contribution is 2.68. The van der Waals surface area contributed by atoms with Crippen molar-refractivity contribution in [2.24, 2.45) is 34.5 Å². The van der Waals surface area contributed by atoms with Crippen LogP contribution in [0.1, 0.15) is 106 Å². The molecule has 0 aliphatic heterocycles. The number of aliphatic hydroxyl groups is 2. The Kier molecular flexibility index (Phi) is 7.72. The molecule has 0 aromatic carbocycles. The number of hydrogen-bond donors (Lipinski definition) is 2. The van der Waals surface area contributed by atoms with E-state index in [0.717, 1.165) is 37.7 Å². The number of fused-ring (bicyclic) bond motifs is 5. The van der Waals surface area contributed by atoms with Crippen molar-refractivity contribution in [3.8, 4) is 0 Å². The number of ketones is 1. The zero-order chi connectivity index (χ0) is 28.3. The molecule has 0 radical (unpaired) electrons. The van der Waals surface area contributed by atoms with Crippen molar-refractivity contribution in [3.05, 3.63) is 11.6 Å². The molecule has 7 nitrogen and oxygen atoms in total. The second kappa shape index (κ2) is 10.0. The summed E-state index contributed by atoms with van der Waals surface area (Å²) >= 11 is 0. The van der Waals surface area contributed by atoms with E-state index in [1.54, 1.807) is 19.9 Å². The molecule has 214 valence electrons. The Bertz CT molecular complexity index is 995. The van der Waals surface area contributed by atoms with Gasteiger partial charge in [-0.05, 0) is 106 Å². The largest absolute Gasteiger partial charge is 0.463 e. The van der Waals surface area contributed by atoms with E-state index in [4.69, 9.17) is 9.47 Å². The highest BCUT2D eigenvalue weighted by atomic mass is 16.5. The standard InChI is InChI=1S/C31H48O7/c1-18(27(38-20(3)33)11-12-28(4,5)35)22-10-15-31(36)24-17-26(34)25-16-21(37-19(2)32)8-13-29(25,6)23(24)9-14-30(22,31)7/h17-18,21-23,25,27,35-36H,8-16H2,1-7H3/t18-,21?,22?,23?,25?,27+,29?,30?,31+/m0/s1. The quantitative estimate of drug-likeness (QED) is 0.448. The molecule has 6 unspecified atom stereocenters. The number of hydrogen-bond acceptors (Lipinski definition) is 7. The van der Waals surface area contributed by atoms with Gasteiger partial charge in [-0.3, -0.25) is 14.4 Å². The van der Waals surface area contributed by atoms with Crippen molar-refractivity contribution in [3.63, 3.8) is 0 Å². The van der Waals surface area contributed by atoms with Gasteiger partial charge in [0.2, 0.25) is 0 Å². The smallest absolute Gasteiger partial charge is 0.302 e. The molecule has 0 bridgehead atoms. The zero-order valence-corrected chi connectivity index (χ0v) is 24.3. The molecule has 2 N–H and O–H groups in total. The van der Waals surface area contributed by atoms with Crippen LogP contribution in [0.25, 0.3) is 0 Å². The lowest BCUT2D eigenvalue weighted by Crippen LogP contribution is -2.59. The number of carbonyl (C=O) groups is 3. The average Bonchev–Trinajstić information content (AvgIpc) is 3.07. The third kappa shape index (κ3) is 4.98. The van der Waals surface area contributed by atoms with Crippen molar-refractivity contribution < 1.29 is 34.1 Å². The predicted octanol–water partition coefficient (Wildman–Crippen LogP) is 4.91. The van der Waals surface area contributed by atoms with Gasteiger partial charge in [-0.1, -0.05) is 20.8 Å². The van der Waals surface area contributed by atoms with E-state index in [0.29, 0.717) is 25.7 Å². The van der Waals surface area contributed by atoms with Gasteiger partial charge >= 0.3 is 11.9 Å². The summed E-state index contributed by atoms with van der Waals surface area (Å²) in [5.74, 6) is -0.554. The molecular weight excluding hydrogens is 484 g/mol. The van der Waals surface area contributed by atoms with Crippen molar-refractivity contribution in [2.45, 2.75) is 130 Å². The van der Waals surface area contributed by atoms with E-state index in [-0.39, 0.29) is 59.0 Å². The molecule has 3 fully saturated rings. The monoisotopic (exact) mass is 532 g/mol.